The van der Waals surface area contributed by atoms with Crippen molar-refractivity contribution < 1.29 is 9.53 Å². The Labute approximate surface area is 205 Å². The van der Waals surface area contributed by atoms with Gasteiger partial charge in [-0.25, -0.2) is 4.98 Å². The molecule has 0 fully saturated rings. The number of nitrogens with zero attached hydrogens (tertiary/aromatic N) is 2. The molecule has 0 saturated heterocycles. The molecule has 1 N–H and O–H groups in total. The van der Waals surface area contributed by atoms with E-state index in [0.29, 0.717) is 30.2 Å². The standard InChI is InChI=1S/C28H30ClN3O2/c1-20-10-9-15-26(21(20)2)34-19-8-7-18-32-25-14-6-5-13-24(25)31-27(32)16-17-30-28(33)22-11-3-4-12-23(22)29/h3-6,9-15H,7-8,16-19H2,1-2H3,(H,30,33). The summed E-state index contributed by atoms with van der Waals surface area (Å²) in [5, 5.41) is 3.42. The van der Waals surface area contributed by atoms with Crippen molar-refractivity contribution in [3.05, 3.63) is 94.3 Å². The number of carbonyl (C=O) groups is 1. The fraction of sp³-hybridized carbons (Fsp3) is 0.286. The Kier molecular flexibility index (Phi) is 7.86. The Morgan fingerprint density at radius 1 is 1.00 bits per heavy atom. The molecule has 34 heavy (non-hydrogen) atoms. The van der Waals surface area contributed by atoms with Gasteiger partial charge in [-0.3, -0.25) is 4.79 Å². The summed E-state index contributed by atoms with van der Waals surface area (Å²) in [4.78, 5) is 17.3. The van der Waals surface area contributed by atoms with E-state index in [1.807, 2.05) is 42.5 Å². The number of rotatable bonds is 10. The first kappa shape index (κ1) is 23.8. The highest BCUT2D eigenvalue weighted by Crippen LogP contribution is 2.21. The van der Waals surface area contributed by atoms with Crippen LogP contribution >= 0.6 is 11.6 Å². The number of aromatic nitrogens is 2. The molecule has 176 valence electrons. The average Bonchev–Trinajstić information content (AvgIpc) is 3.19. The van der Waals surface area contributed by atoms with Gasteiger partial charge in [0.05, 0.1) is 28.2 Å². The minimum atomic E-state index is -0.170. The molecule has 0 spiro atoms. The van der Waals surface area contributed by atoms with Crippen LogP contribution in [0.1, 0.15) is 40.2 Å². The zero-order chi connectivity index (χ0) is 23.9. The van der Waals surface area contributed by atoms with Gasteiger partial charge >= 0.3 is 0 Å². The fourth-order valence-electron chi connectivity index (χ4n) is 4.03. The fourth-order valence-corrected chi connectivity index (χ4v) is 4.25. The monoisotopic (exact) mass is 475 g/mol. The maximum Gasteiger partial charge on any atom is 0.252 e. The van der Waals surface area contributed by atoms with Crippen LogP contribution in [0.2, 0.25) is 5.02 Å². The highest BCUT2D eigenvalue weighted by molar-refractivity contribution is 6.33. The van der Waals surface area contributed by atoms with Gasteiger partial charge in [-0.2, -0.15) is 0 Å². The number of halogens is 1. The number of benzene rings is 3. The Morgan fingerprint density at radius 3 is 2.65 bits per heavy atom. The van der Waals surface area contributed by atoms with E-state index in [4.69, 9.17) is 21.3 Å². The number of aryl methyl sites for hydroxylation is 2. The lowest BCUT2D eigenvalue weighted by Gasteiger charge is -2.12. The van der Waals surface area contributed by atoms with Crippen LogP contribution in [-0.2, 0) is 13.0 Å². The van der Waals surface area contributed by atoms with Gasteiger partial charge in [0, 0.05) is 19.5 Å². The molecule has 0 unspecified atom stereocenters. The summed E-state index contributed by atoms with van der Waals surface area (Å²) < 4.78 is 8.27. The molecule has 4 rings (SSSR count). The van der Waals surface area contributed by atoms with E-state index in [-0.39, 0.29) is 5.91 Å². The predicted octanol–water partition coefficient (Wildman–Crippen LogP) is 6.14. The quantitative estimate of drug-likeness (QED) is 0.280. The zero-order valence-corrected chi connectivity index (χ0v) is 20.4. The largest absolute Gasteiger partial charge is 0.493 e. The lowest BCUT2D eigenvalue weighted by molar-refractivity contribution is 0.0954. The van der Waals surface area contributed by atoms with E-state index in [0.717, 1.165) is 42.0 Å². The van der Waals surface area contributed by atoms with Crippen LogP contribution in [0.25, 0.3) is 11.0 Å². The van der Waals surface area contributed by atoms with Crippen LogP contribution in [0.3, 0.4) is 0 Å². The molecule has 0 radical (unpaired) electrons. The molecule has 0 atom stereocenters. The van der Waals surface area contributed by atoms with E-state index < -0.39 is 0 Å². The van der Waals surface area contributed by atoms with Gasteiger partial charge in [0.2, 0.25) is 0 Å². The van der Waals surface area contributed by atoms with Gasteiger partial charge in [0.1, 0.15) is 11.6 Å². The van der Waals surface area contributed by atoms with Crippen LogP contribution in [0.4, 0.5) is 0 Å². The highest BCUT2D eigenvalue weighted by atomic mass is 35.5. The second-order valence-corrected chi connectivity index (χ2v) is 8.81. The molecular weight excluding hydrogens is 446 g/mol. The van der Waals surface area contributed by atoms with E-state index in [1.54, 1.807) is 12.1 Å². The highest BCUT2D eigenvalue weighted by Gasteiger charge is 2.13. The number of unbranched alkanes of at least 4 members (excludes halogenated alkanes) is 1. The molecule has 1 aromatic heterocycles. The summed E-state index contributed by atoms with van der Waals surface area (Å²) >= 11 is 6.14. The van der Waals surface area contributed by atoms with Gasteiger partial charge < -0.3 is 14.6 Å². The molecule has 0 aliphatic rings. The molecule has 0 bridgehead atoms. The Hall–Kier alpha value is -3.31. The smallest absolute Gasteiger partial charge is 0.252 e. The van der Waals surface area contributed by atoms with Gasteiger partial charge in [-0.05, 0) is 68.1 Å². The number of fused-ring (bicyclic) bond motifs is 1. The molecule has 4 aromatic rings. The Balaban J connectivity index is 1.35. The van der Waals surface area contributed by atoms with Gasteiger partial charge in [-0.1, -0.05) is 48.0 Å². The summed E-state index contributed by atoms with van der Waals surface area (Å²) in [5.74, 6) is 1.76. The first-order chi connectivity index (χ1) is 16.5. The molecule has 6 heteroatoms. The third kappa shape index (κ3) is 5.60. The number of hydrogen-bond acceptors (Lipinski definition) is 3. The Bertz CT molecular complexity index is 1280. The molecule has 0 saturated carbocycles. The zero-order valence-electron chi connectivity index (χ0n) is 19.7. The van der Waals surface area contributed by atoms with Gasteiger partial charge in [0.15, 0.2) is 0 Å². The van der Waals surface area contributed by atoms with Crippen molar-refractivity contribution >= 4 is 28.5 Å². The van der Waals surface area contributed by atoms with Crippen molar-refractivity contribution in [3.8, 4) is 5.75 Å². The normalized spacial score (nSPS) is 11.0. The molecule has 0 aliphatic heterocycles. The van der Waals surface area contributed by atoms with Crippen molar-refractivity contribution in [1.29, 1.82) is 0 Å². The first-order valence-corrected chi connectivity index (χ1v) is 12.1. The topological polar surface area (TPSA) is 56.1 Å². The second kappa shape index (κ2) is 11.2. The van der Waals surface area contributed by atoms with Gasteiger partial charge in [0.25, 0.3) is 5.91 Å². The van der Waals surface area contributed by atoms with Crippen LogP contribution in [0.15, 0.2) is 66.7 Å². The molecule has 1 amide bonds. The van der Waals surface area contributed by atoms with Crippen LogP contribution < -0.4 is 10.1 Å². The van der Waals surface area contributed by atoms with E-state index in [2.05, 4.69) is 35.9 Å². The van der Waals surface area contributed by atoms with E-state index >= 15 is 0 Å². The molecule has 3 aromatic carbocycles. The average molecular weight is 476 g/mol. The van der Waals surface area contributed by atoms with Gasteiger partial charge in [-0.15, -0.1) is 0 Å². The molecule has 5 nitrogen and oxygen atoms in total. The third-order valence-electron chi connectivity index (χ3n) is 6.07. The summed E-state index contributed by atoms with van der Waals surface area (Å²) in [6, 6.07) is 21.4. The predicted molar refractivity (Wildman–Crippen MR) is 138 cm³/mol. The Morgan fingerprint density at radius 2 is 1.79 bits per heavy atom. The number of ether oxygens (including phenoxy) is 1. The van der Waals surface area contributed by atoms with E-state index in [1.165, 1.54) is 11.1 Å². The summed E-state index contributed by atoms with van der Waals surface area (Å²) in [5.41, 5.74) is 5.02. The minimum Gasteiger partial charge on any atom is -0.493 e. The summed E-state index contributed by atoms with van der Waals surface area (Å²) in [6.45, 7) is 6.22. The van der Waals surface area contributed by atoms with Crippen molar-refractivity contribution in [2.45, 2.75) is 39.7 Å². The second-order valence-electron chi connectivity index (χ2n) is 8.41. The SMILES string of the molecule is Cc1cccc(OCCCCn2c(CCNC(=O)c3ccccc3Cl)nc3ccccc32)c1C. The maximum atomic E-state index is 12.5. The van der Waals surface area contributed by atoms with Crippen LogP contribution in [0, 0.1) is 13.8 Å². The number of amides is 1. The molecular formula is C28H30ClN3O2. The number of imidazole rings is 1. The maximum absolute atomic E-state index is 12.5. The van der Waals surface area contributed by atoms with E-state index in [9.17, 15) is 4.79 Å². The lowest BCUT2D eigenvalue weighted by Crippen LogP contribution is -2.26. The van der Waals surface area contributed by atoms with Crippen LogP contribution in [-0.4, -0.2) is 28.6 Å². The number of nitrogens with one attached hydrogen (secondary N) is 1. The number of hydrogen-bond donors (Lipinski definition) is 1. The van der Waals surface area contributed by atoms with Crippen molar-refractivity contribution in [2.75, 3.05) is 13.2 Å². The van der Waals surface area contributed by atoms with Crippen molar-refractivity contribution in [1.82, 2.24) is 14.9 Å². The number of carbonyl (C=O) groups excluding carboxylic acids is 1. The lowest BCUT2D eigenvalue weighted by atomic mass is 10.1. The first-order valence-electron chi connectivity index (χ1n) is 11.7. The summed E-state index contributed by atoms with van der Waals surface area (Å²) in [6.07, 6.45) is 2.57. The van der Waals surface area contributed by atoms with Crippen LogP contribution in [0.5, 0.6) is 5.75 Å². The van der Waals surface area contributed by atoms with Crippen molar-refractivity contribution in [2.24, 2.45) is 0 Å². The minimum absolute atomic E-state index is 0.170. The third-order valence-corrected chi connectivity index (χ3v) is 6.40. The van der Waals surface area contributed by atoms with Crippen molar-refractivity contribution in [3.63, 3.8) is 0 Å². The summed E-state index contributed by atoms with van der Waals surface area (Å²) in [7, 11) is 0. The molecule has 1 heterocycles. The molecule has 0 aliphatic carbocycles. The number of para-hydroxylation sites is 2.